The van der Waals surface area contributed by atoms with Gasteiger partial charge in [-0.25, -0.2) is 14.7 Å². The molecule has 3 aromatic carbocycles. The van der Waals surface area contributed by atoms with E-state index in [1.807, 2.05) is 54.7 Å². The molecule has 5 rings (SSSR count). The zero-order valence-corrected chi connectivity index (χ0v) is 21.8. The molecule has 0 aliphatic rings. The van der Waals surface area contributed by atoms with Gasteiger partial charge in [-0.1, -0.05) is 36.4 Å². The summed E-state index contributed by atoms with van der Waals surface area (Å²) in [6.45, 7) is 0.627. The van der Waals surface area contributed by atoms with Crippen LogP contribution in [0.25, 0.3) is 10.2 Å². The van der Waals surface area contributed by atoms with E-state index in [9.17, 15) is 0 Å². The first-order valence-electron chi connectivity index (χ1n) is 12.1. The fourth-order valence-electron chi connectivity index (χ4n) is 3.93. The fraction of sp³-hybridized carbons (Fsp3) is 0.179. The number of nitrogen functional groups attached to an aromatic ring is 1. The van der Waals surface area contributed by atoms with Gasteiger partial charge in [-0.15, -0.1) is 11.3 Å². The highest BCUT2D eigenvalue weighted by Gasteiger charge is 2.18. The summed E-state index contributed by atoms with van der Waals surface area (Å²) in [4.78, 5) is 13.5. The van der Waals surface area contributed by atoms with Crippen molar-refractivity contribution in [2.24, 2.45) is 5.73 Å². The van der Waals surface area contributed by atoms with Crippen molar-refractivity contribution >= 4 is 39.3 Å². The van der Waals surface area contributed by atoms with Gasteiger partial charge in [-0.3, -0.25) is 5.41 Å². The van der Waals surface area contributed by atoms with Crippen molar-refractivity contribution in [3.63, 3.8) is 0 Å². The highest BCUT2D eigenvalue weighted by molar-refractivity contribution is 7.97. The molecule has 37 heavy (non-hydrogen) atoms. The lowest BCUT2D eigenvalue weighted by molar-refractivity contribution is 0.310. The van der Waals surface area contributed by atoms with Crippen molar-refractivity contribution in [1.82, 2.24) is 19.7 Å². The molecule has 5 N–H and O–H groups in total. The number of aromatic nitrogens is 3. The monoisotopic (exact) mass is 528 g/mol. The van der Waals surface area contributed by atoms with E-state index in [-0.39, 0.29) is 11.9 Å². The molecule has 1 atom stereocenters. The first kappa shape index (κ1) is 25.0. The minimum Gasteiger partial charge on any atom is -0.494 e. The number of H-pyrrole nitrogens is 1. The molecule has 9 heteroatoms. The van der Waals surface area contributed by atoms with E-state index in [4.69, 9.17) is 20.9 Å². The average molecular weight is 529 g/mol. The van der Waals surface area contributed by atoms with E-state index in [0.717, 1.165) is 62.1 Å². The van der Waals surface area contributed by atoms with E-state index in [0.29, 0.717) is 6.61 Å². The molecule has 7 nitrogen and oxygen atoms in total. The van der Waals surface area contributed by atoms with Crippen LogP contribution in [0.5, 0.6) is 5.75 Å². The van der Waals surface area contributed by atoms with Gasteiger partial charge in [0.25, 0.3) is 0 Å². The van der Waals surface area contributed by atoms with E-state index in [2.05, 4.69) is 39.0 Å². The highest BCUT2D eigenvalue weighted by atomic mass is 32.2. The fourth-order valence-corrected chi connectivity index (χ4v) is 5.82. The topological polar surface area (TPSA) is 113 Å². The minimum atomic E-state index is -0.0255. The van der Waals surface area contributed by atoms with Crippen molar-refractivity contribution in [1.29, 1.82) is 5.41 Å². The molecule has 0 radical (unpaired) electrons. The second kappa shape index (κ2) is 12.1. The summed E-state index contributed by atoms with van der Waals surface area (Å²) >= 11 is 3.27. The molecule has 2 aromatic heterocycles. The number of rotatable bonds is 12. The average Bonchev–Trinajstić information content (AvgIpc) is 3.59. The Hall–Kier alpha value is -3.66. The largest absolute Gasteiger partial charge is 0.494 e. The Morgan fingerprint density at radius 3 is 2.81 bits per heavy atom. The van der Waals surface area contributed by atoms with Crippen LogP contribution in [-0.2, 0) is 12.8 Å². The third-order valence-corrected chi connectivity index (χ3v) is 7.84. The molecule has 0 fully saturated rings. The van der Waals surface area contributed by atoms with E-state index in [1.54, 1.807) is 29.5 Å². The van der Waals surface area contributed by atoms with Crippen molar-refractivity contribution in [3.8, 4) is 5.75 Å². The maximum absolute atomic E-state index is 7.79. The normalized spacial score (nSPS) is 12.0. The molecule has 2 heterocycles. The van der Waals surface area contributed by atoms with Crippen LogP contribution in [0, 0.1) is 5.41 Å². The maximum atomic E-state index is 7.79. The molecule has 0 saturated carbocycles. The third kappa shape index (κ3) is 6.76. The highest BCUT2D eigenvalue weighted by Crippen LogP contribution is 2.33. The molecule has 188 valence electrons. The number of hydrogen-bond acceptors (Lipinski definition) is 7. The quantitative estimate of drug-likeness (QED) is 0.0695. The number of benzene rings is 3. The summed E-state index contributed by atoms with van der Waals surface area (Å²) in [5, 5.41) is 8.79. The molecule has 0 aliphatic carbocycles. The van der Waals surface area contributed by atoms with Crippen molar-refractivity contribution in [3.05, 3.63) is 107 Å². The second-order valence-electron chi connectivity index (χ2n) is 8.57. The number of hydrogen-bond donors (Lipinski definition) is 4. The SMILES string of the molecule is N=C(N)c1cccc(CC(NSc2ccccc2)c2nc3ccc(OCCCc4ncc[nH]4)cc3s2)c1. The van der Waals surface area contributed by atoms with E-state index in [1.165, 1.54) is 0 Å². The van der Waals surface area contributed by atoms with E-state index >= 15 is 0 Å². The van der Waals surface area contributed by atoms with Gasteiger partial charge in [0, 0.05) is 29.3 Å². The van der Waals surface area contributed by atoms with Gasteiger partial charge in [-0.2, -0.15) is 0 Å². The lowest BCUT2D eigenvalue weighted by atomic mass is 10.0. The van der Waals surface area contributed by atoms with Gasteiger partial charge in [0.1, 0.15) is 22.4 Å². The maximum Gasteiger partial charge on any atom is 0.122 e. The van der Waals surface area contributed by atoms with Crippen LogP contribution >= 0.6 is 23.3 Å². The molecule has 0 aliphatic heterocycles. The first-order chi connectivity index (χ1) is 18.1. The molecular formula is C28H28N6OS2. The smallest absolute Gasteiger partial charge is 0.122 e. The number of aryl methyl sites for hydroxylation is 1. The molecule has 5 aromatic rings. The summed E-state index contributed by atoms with van der Waals surface area (Å²) in [6, 6.07) is 24.1. The van der Waals surface area contributed by atoms with Crippen LogP contribution < -0.4 is 15.2 Å². The van der Waals surface area contributed by atoms with Gasteiger partial charge in [0.05, 0.1) is 22.9 Å². The number of amidine groups is 1. The zero-order chi connectivity index (χ0) is 25.5. The Morgan fingerprint density at radius 2 is 2.00 bits per heavy atom. The van der Waals surface area contributed by atoms with Crippen LogP contribution in [0.1, 0.15) is 34.4 Å². The predicted molar refractivity (Wildman–Crippen MR) is 151 cm³/mol. The molecule has 0 saturated heterocycles. The summed E-state index contributed by atoms with van der Waals surface area (Å²) in [6.07, 6.45) is 6.08. The standard InChI is InChI=1S/C28H28N6OS2/c29-27(30)20-7-4-6-19(16-20)17-24(34-37-22-8-2-1-3-9-22)28-33-23-12-11-21(18-25(23)36-28)35-15-5-10-26-31-13-14-32-26/h1-4,6-9,11-14,16,18,24,34H,5,10,15,17H2,(H3,29,30)(H,31,32). The molecular weight excluding hydrogens is 500 g/mol. The number of thiazole rings is 1. The number of nitrogens with one attached hydrogen (secondary N) is 3. The summed E-state index contributed by atoms with van der Waals surface area (Å²) in [5.41, 5.74) is 8.51. The van der Waals surface area contributed by atoms with Crippen LogP contribution in [-0.4, -0.2) is 27.4 Å². The van der Waals surface area contributed by atoms with Crippen molar-refractivity contribution in [2.45, 2.75) is 30.2 Å². The second-order valence-corrected chi connectivity index (χ2v) is 10.5. The summed E-state index contributed by atoms with van der Waals surface area (Å²) < 4.78 is 10.7. The first-order valence-corrected chi connectivity index (χ1v) is 13.7. The lowest BCUT2D eigenvalue weighted by Crippen LogP contribution is -2.17. The minimum absolute atomic E-state index is 0.0255. The molecule has 0 amide bonds. The van der Waals surface area contributed by atoms with Crippen LogP contribution in [0.3, 0.4) is 0 Å². The van der Waals surface area contributed by atoms with Gasteiger partial charge >= 0.3 is 0 Å². The predicted octanol–water partition coefficient (Wildman–Crippen LogP) is 5.90. The Balaban J connectivity index is 1.32. The Bertz CT molecular complexity index is 1450. The van der Waals surface area contributed by atoms with Gasteiger partial charge < -0.3 is 15.5 Å². The summed E-state index contributed by atoms with van der Waals surface area (Å²) in [5.74, 6) is 1.90. The zero-order valence-electron chi connectivity index (χ0n) is 20.2. The van der Waals surface area contributed by atoms with Crippen LogP contribution in [0.4, 0.5) is 0 Å². The van der Waals surface area contributed by atoms with Crippen molar-refractivity contribution < 1.29 is 4.74 Å². The van der Waals surface area contributed by atoms with Gasteiger partial charge in [0.2, 0.25) is 0 Å². The molecule has 0 bridgehead atoms. The number of fused-ring (bicyclic) bond motifs is 1. The van der Waals surface area contributed by atoms with Crippen molar-refractivity contribution in [2.75, 3.05) is 6.61 Å². The lowest BCUT2D eigenvalue weighted by Gasteiger charge is -2.16. The van der Waals surface area contributed by atoms with Crippen LogP contribution in [0.15, 0.2) is 90.1 Å². The number of nitrogens with zero attached hydrogens (tertiary/aromatic N) is 2. The molecule has 1 unspecified atom stereocenters. The van der Waals surface area contributed by atoms with Gasteiger partial charge in [0.15, 0.2) is 0 Å². The number of imidazole rings is 1. The van der Waals surface area contributed by atoms with E-state index < -0.39 is 0 Å². The number of ether oxygens (including phenoxy) is 1. The summed E-state index contributed by atoms with van der Waals surface area (Å²) in [7, 11) is 0. The number of aromatic amines is 1. The van der Waals surface area contributed by atoms with Gasteiger partial charge in [-0.05, 0) is 66.8 Å². The molecule has 0 spiro atoms. The van der Waals surface area contributed by atoms with Crippen LogP contribution in [0.2, 0.25) is 0 Å². The number of nitrogens with two attached hydrogens (primary N) is 1. The Labute approximate surface area is 224 Å². The third-order valence-electron chi connectivity index (χ3n) is 5.80. The Morgan fingerprint density at radius 1 is 1.11 bits per heavy atom. The Kier molecular flexibility index (Phi) is 8.15.